The predicted octanol–water partition coefficient (Wildman–Crippen LogP) is 5.62. The summed E-state index contributed by atoms with van der Waals surface area (Å²) in [6.07, 6.45) is 2.28. The van der Waals surface area contributed by atoms with Gasteiger partial charge in [0.2, 0.25) is 0 Å². The van der Waals surface area contributed by atoms with E-state index in [1.54, 1.807) is 0 Å². The Morgan fingerprint density at radius 1 is 1.00 bits per heavy atom. The molecule has 1 aliphatic rings. The number of hydrogen-bond acceptors (Lipinski definition) is 3. The van der Waals surface area contributed by atoms with Crippen LogP contribution in [0, 0.1) is 5.92 Å². The van der Waals surface area contributed by atoms with E-state index in [4.69, 9.17) is 9.47 Å². The van der Waals surface area contributed by atoms with E-state index in [0.29, 0.717) is 11.7 Å². The van der Waals surface area contributed by atoms with E-state index in [9.17, 15) is 5.11 Å². The van der Waals surface area contributed by atoms with Crippen molar-refractivity contribution in [1.82, 2.24) is 0 Å². The van der Waals surface area contributed by atoms with Gasteiger partial charge in [-0.3, -0.25) is 0 Å². The Balaban J connectivity index is 2.48. The highest BCUT2D eigenvalue weighted by molar-refractivity contribution is 5.50. The fourth-order valence-corrected chi connectivity index (χ4v) is 3.43. The molecule has 3 heteroatoms. The summed E-state index contributed by atoms with van der Waals surface area (Å²) in [7, 11) is 0. The Labute approximate surface area is 153 Å². The summed E-state index contributed by atoms with van der Waals surface area (Å²) < 4.78 is 12.4. The van der Waals surface area contributed by atoms with Crippen molar-refractivity contribution >= 4 is 0 Å². The Bertz CT molecular complexity index is 562. The first-order chi connectivity index (χ1) is 11.4. The maximum Gasteiger partial charge on any atom is 0.191 e. The monoisotopic (exact) mass is 348 g/mol. The molecule has 0 spiro atoms. The Hall–Kier alpha value is -1.06. The van der Waals surface area contributed by atoms with Gasteiger partial charge in [-0.1, -0.05) is 54.9 Å². The molecule has 25 heavy (non-hydrogen) atoms. The fraction of sp³-hybridized carbons (Fsp3) is 0.727. The SMILES string of the molecule is CCCC1COC(C)(c2cc(C(C)(C)C)c(O)c(C(C)(C)C)c2)OC1. The first-order valence-electron chi connectivity index (χ1n) is 9.55. The minimum atomic E-state index is -0.752. The molecule has 1 aromatic carbocycles. The molecule has 0 saturated carbocycles. The quantitative estimate of drug-likeness (QED) is 0.770. The van der Waals surface area contributed by atoms with Gasteiger partial charge < -0.3 is 14.6 Å². The molecule has 1 heterocycles. The van der Waals surface area contributed by atoms with Crippen molar-refractivity contribution in [1.29, 1.82) is 0 Å². The predicted molar refractivity (Wildman–Crippen MR) is 103 cm³/mol. The molecule has 0 bridgehead atoms. The van der Waals surface area contributed by atoms with E-state index < -0.39 is 5.79 Å². The largest absolute Gasteiger partial charge is 0.507 e. The lowest BCUT2D eigenvalue weighted by atomic mass is 9.77. The van der Waals surface area contributed by atoms with Crippen molar-refractivity contribution in [2.75, 3.05) is 13.2 Å². The molecule has 1 fully saturated rings. The third-order valence-corrected chi connectivity index (χ3v) is 5.14. The summed E-state index contributed by atoms with van der Waals surface area (Å²) in [6.45, 7) is 18.4. The van der Waals surface area contributed by atoms with Crippen LogP contribution >= 0.6 is 0 Å². The van der Waals surface area contributed by atoms with Crippen LogP contribution in [0.4, 0.5) is 0 Å². The Morgan fingerprint density at radius 2 is 1.44 bits per heavy atom. The molecule has 0 aromatic heterocycles. The lowest BCUT2D eigenvalue weighted by Crippen LogP contribution is -2.40. The zero-order valence-corrected chi connectivity index (χ0v) is 17.3. The van der Waals surface area contributed by atoms with Gasteiger partial charge >= 0.3 is 0 Å². The first-order valence-corrected chi connectivity index (χ1v) is 9.55. The normalized spacial score (nSPS) is 25.2. The van der Waals surface area contributed by atoms with Gasteiger partial charge in [0, 0.05) is 11.5 Å². The minimum Gasteiger partial charge on any atom is -0.507 e. The highest BCUT2D eigenvalue weighted by Crippen LogP contribution is 2.43. The van der Waals surface area contributed by atoms with Gasteiger partial charge in [0.25, 0.3) is 0 Å². The van der Waals surface area contributed by atoms with Crippen LogP contribution in [-0.2, 0) is 26.1 Å². The second kappa shape index (κ2) is 6.92. The zero-order chi connectivity index (χ0) is 19.0. The molecule has 1 aliphatic heterocycles. The molecular formula is C22H36O3. The van der Waals surface area contributed by atoms with Gasteiger partial charge in [0.05, 0.1) is 13.2 Å². The zero-order valence-electron chi connectivity index (χ0n) is 17.3. The molecule has 0 amide bonds. The average Bonchev–Trinajstić information content (AvgIpc) is 2.47. The molecule has 0 radical (unpaired) electrons. The Morgan fingerprint density at radius 3 is 1.80 bits per heavy atom. The number of rotatable bonds is 3. The standard InChI is InChI=1S/C22H36O3/c1-9-10-15-13-24-22(8,25-14-15)16-11-17(20(2,3)4)19(23)18(12-16)21(5,6)7/h11-12,15,23H,9-10,13-14H2,1-8H3. The van der Waals surface area contributed by atoms with Crippen LogP contribution in [-0.4, -0.2) is 18.3 Å². The van der Waals surface area contributed by atoms with Gasteiger partial charge in [-0.2, -0.15) is 0 Å². The molecule has 1 saturated heterocycles. The van der Waals surface area contributed by atoms with Crippen molar-refractivity contribution in [3.63, 3.8) is 0 Å². The number of phenolic OH excluding ortho intramolecular Hbond substituents is 1. The van der Waals surface area contributed by atoms with Crippen molar-refractivity contribution in [3.05, 3.63) is 28.8 Å². The highest BCUT2D eigenvalue weighted by Gasteiger charge is 2.37. The molecule has 3 nitrogen and oxygen atoms in total. The third kappa shape index (κ3) is 4.38. The van der Waals surface area contributed by atoms with Crippen LogP contribution in [0.1, 0.15) is 84.9 Å². The topological polar surface area (TPSA) is 38.7 Å². The van der Waals surface area contributed by atoms with Crippen LogP contribution in [0.15, 0.2) is 12.1 Å². The highest BCUT2D eigenvalue weighted by atomic mass is 16.7. The summed E-state index contributed by atoms with van der Waals surface area (Å²) in [5, 5.41) is 10.9. The molecule has 1 aromatic rings. The lowest BCUT2D eigenvalue weighted by Gasteiger charge is -2.39. The molecule has 0 aliphatic carbocycles. The number of benzene rings is 1. The summed E-state index contributed by atoms with van der Waals surface area (Å²) in [5.41, 5.74) is 2.57. The average molecular weight is 349 g/mol. The number of aromatic hydroxyl groups is 1. The van der Waals surface area contributed by atoms with Crippen LogP contribution in [0.5, 0.6) is 5.75 Å². The van der Waals surface area contributed by atoms with Crippen LogP contribution in [0.25, 0.3) is 0 Å². The molecule has 142 valence electrons. The Kier molecular flexibility index (Phi) is 5.61. The van der Waals surface area contributed by atoms with E-state index in [0.717, 1.165) is 42.7 Å². The molecule has 0 unspecified atom stereocenters. The molecule has 2 rings (SSSR count). The first kappa shape index (κ1) is 20.3. The molecular weight excluding hydrogens is 312 g/mol. The van der Waals surface area contributed by atoms with Crippen molar-refractivity contribution < 1.29 is 14.6 Å². The van der Waals surface area contributed by atoms with Gasteiger partial charge in [-0.15, -0.1) is 0 Å². The second-order valence-corrected chi connectivity index (χ2v) is 9.64. The third-order valence-electron chi connectivity index (χ3n) is 5.14. The minimum absolute atomic E-state index is 0.157. The summed E-state index contributed by atoms with van der Waals surface area (Å²) >= 11 is 0. The fourth-order valence-electron chi connectivity index (χ4n) is 3.43. The van der Waals surface area contributed by atoms with Gasteiger partial charge in [-0.25, -0.2) is 0 Å². The smallest absolute Gasteiger partial charge is 0.191 e. The number of ether oxygens (including phenoxy) is 2. The summed E-state index contributed by atoms with van der Waals surface area (Å²) in [6, 6.07) is 4.12. The number of phenols is 1. The van der Waals surface area contributed by atoms with Crippen LogP contribution in [0.3, 0.4) is 0 Å². The van der Waals surface area contributed by atoms with E-state index in [1.165, 1.54) is 0 Å². The van der Waals surface area contributed by atoms with Crippen molar-refractivity contribution in [2.45, 2.75) is 84.8 Å². The van der Waals surface area contributed by atoms with E-state index in [-0.39, 0.29) is 10.8 Å². The van der Waals surface area contributed by atoms with Crippen molar-refractivity contribution in [3.8, 4) is 5.75 Å². The van der Waals surface area contributed by atoms with E-state index in [2.05, 4.69) is 60.6 Å². The maximum atomic E-state index is 10.9. The van der Waals surface area contributed by atoms with Gasteiger partial charge in [-0.05, 0) is 47.4 Å². The van der Waals surface area contributed by atoms with Gasteiger partial charge in [0.1, 0.15) is 5.75 Å². The maximum absolute atomic E-state index is 10.9. The second-order valence-electron chi connectivity index (χ2n) is 9.64. The van der Waals surface area contributed by atoms with Crippen LogP contribution in [0.2, 0.25) is 0 Å². The van der Waals surface area contributed by atoms with Gasteiger partial charge in [0.15, 0.2) is 5.79 Å². The molecule has 1 N–H and O–H groups in total. The van der Waals surface area contributed by atoms with E-state index in [1.807, 2.05) is 6.92 Å². The van der Waals surface area contributed by atoms with Crippen molar-refractivity contribution in [2.24, 2.45) is 5.92 Å². The van der Waals surface area contributed by atoms with E-state index >= 15 is 0 Å². The number of hydrogen-bond donors (Lipinski definition) is 1. The summed E-state index contributed by atoms with van der Waals surface area (Å²) in [4.78, 5) is 0. The van der Waals surface area contributed by atoms with Crippen LogP contribution < -0.4 is 0 Å². The lowest BCUT2D eigenvalue weighted by molar-refractivity contribution is -0.282. The summed E-state index contributed by atoms with van der Waals surface area (Å²) in [5.74, 6) is 0.115. The molecule has 0 atom stereocenters.